The molecule has 0 aromatic rings. The summed E-state index contributed by atoms with van der Waals surface area (Å²) in [5, 5.41) is 0. The number of hydrogen-bond donors (Lipinski definition) is 0. The second kappa shape index (κ2) is 53.9. The average Bonchev–Trinajstić information content (AvgIpc) is 3.31. The first-order valence-electron chi connectivity index (χ1n) is 27.3. The quantitative estimate of drug-likeness (QED) is 0.0199. The van der Waals surface area contributed by atoms with Crippen LogP contribution in [0, 0.1) is 0 Å². The Morgan fingerprint density at radius 1 is 0.333 bits per heavy atom. The Morgan fingerprint density at radius 2 is 0.667 bits per heavy atom. The molecule has 1 atom stereocenters. The fourth-order valence-corrected chi connectivity index (χ4v) is 7.34. The Hall–Kier alpha value is -3.67. The second-order valence-electron chi connectivity index (χ2n) is 17.8. The van der Waals surface area contributed by atoms with Gasteiger partial charge in [-0.3, -0.25) is 14.4 Å². The second-order valence-corrected chi connectivity index (χ2v) is 17.8. The molecule has 0 aromatic carbocycles. The Kier molecular flexibility index (Phi) is 50.9. The highest BCUT2D eigenvalue weighted by Crippen LogP contribution is 2.14. The average molecular weight is 917 g/mol. The minimum atomic E-state index is -0.801. The fraction of sp³-hybridized carbons (Fsp3) is 0.683. The van der Waals surface area contributed by atoms with Gasteiger partial charge in [0.15, 0.2) is 6.10 Å². The van der Waals surface area contributed by atoms with Gasteiger partial charge < -0.3 is 14.2 Å². The number of ether oxygens (including phenoxy) is 3. The van der Waals surface area contributed by atoms with E-state index >= 15 is 0 Å². The molecule has 0 aliphatic carbocycles. The SMILES string of the molecule is CC\C=C/C=C\C=C/C=C\CCCCCC(=O)OCC(COC(=O)CCCCCCCCCCC/C=C\C/C=C\C/C=C\CC)OC(=O)CCCCCCC/C=C\CCCCCCCCC. The van der Waals surface area contributed by atoms with Crippen molar-refractivity contribution in [2.24, 2.45) is 0 Å². The largest absolute Gasteiger partial charge is 0.462 e. The van der Waals surface area contributed by atoms with E-state index in [0.717, 1.165) is 103 Å². The topological polar surface area (TPSA) is 78.9 Å². The molecular formula is C60H100O6. The molecule has 0 amide bonds. The van der Waals surface area contributed by atoms with Crippen LogP contribution in [0.1, 0.15) is 245 Å². The molecule has 0 radical (unpaired) electrons. The Labute approximate surface area is 407 Å². The molecule has 66 heavy (non-hydrogen) atoms. The van der Waals surface area contributed by atoms with Crippen molar-refractivity contribution in [3.8, 4) is 0 Å². The van der Waals surface area contributed by atoms with Crippen LogP contribution in [0.4, 0.5) is 0 Å². The minimum Gasteiger partial charge on any atom is -0.462 e. The Morgan fingerprint density at radius 3 is 1.14 bits per heavy atom. The van der Waals surface area contributed by atoms with Crippen molar-refractivity contribution < 1.29 is 28.6 Å². The van der Waals surface area contributed by atoms with E-state index in [4.69, 9.17) is 14.2 Å². The number of esters is 3. The number of hydrogen-bond acceptors (Lipinski definition) is 6. The van der Waals surface area contributed by atoms with Crippen LogP contribution < -0.4 is 0 Å². The summed E-state index contributed by atoms with van der Waals surface area (Å²) in [7, 11) is 0. The molecule has 0 N–H and O–H groups in total. The third kappa shape index (κ3) is 51.3. The molecule has 0 saturated heterocycles. The van der Waals surface area contributed by atoms with Crippen molar-refractivity contribution in [2.45, 2.75) is 252 Å². The predicted octanol–water partition coefficient (Wildman–Crippen LogP) is 18.1. The Balaban J connectivity index is 4.43. The van der Waals surface area contributed by atoms with Crippen LogP contribution in [-0.4, -0.2) is 37.2 Å². The maximum Gasteiger partial charge on any atom is 0.306 e. The summed E-state index contributed by atoms with van der Waals surface area (Å²) in [5.41, 5.74) is 0. The van der Waals surface area contributed by atoms with Crippen molar-refractivity contribution in [1.29, 1.82) is 0 Å². The maximum atomic E-state index is 12.8. The molecule has 0 spiro atoms. The van der Waals surface area contributed by atoms with Crippen molar-refractivity contribution in [1.82, 2.24) is 0 Å². The van der Waals surface area contributed by atoms with Crippen molar-refractivity contribution in [2.75, 3.05) is 13.2 Å². The number of unbranched alkanes of at least 4 members (excludes halogenated alkanes) is 24. The van der Waals surface area contributed by atoms with Crippen molar-refractivity contribution in [3.63, 3.8) is 0 Å². The third-order valence-corrected chi connectivity index (χ3v) is 11.4. The summed E-state index contributed by atoms with van der Waals surface area (Å²) < 4.78 is 16.8. The fourth-order valence-electron chi connectivity index (χ4n) is 7.34. The van der Waals surface area contributed by atoms with Gasteiger partial charge in [0.1, 0.15) is 13.2 Å². The lowest BCUT2D eigenvalue weighted by atomic mass is 10.1. The minimum absolute atomic E-state index is 0.0971. The van der Waals surface area contributed by atoms with E-state index in [2.05, 4.69) is 81.5 Å². The van der Waals surface area contributed by atoms with Gasteiger partial charge in [0, 0.05) is 19.3 Å². The molecular weight excluding hydrogens is 817 g/mol. The van der Waals surface area contributed by atoms with Gasteiger partial charge in [-0.1, -0.05) is 227 Å². The zero-order chi connectivity index (χ0) is 47.9. The zero-order valence-electron chi connectivity index (χ0n) is 42.9. The lowest BCUT2D eigenvalue weighted by Gasteiger charge is -2.18. The van der Waals surface area contributed by atoms with Crippen molar-refractivity contribution in [3.05, 3.63) is 97.2 Å². The van der Waals surface area contributed by atoms with E-state index < -0.39 is 6.10 Å². The van der Waals surface area contributed by atoms with E-state index in [-0.39, 0.29) is 31.1 Å². The molecule has 0 heterocycles. The van der Waals surface area contributed by atoms with Crippen LogP contribution in [-0.2, 0) is 28.6 Å². The molecule has 0 fully saturated rings. The van der Waals surface area contributed by atoms with Gasteiger partial charge in [0.2, 0.25) is 0 Å². The zero-order valence-corrected chi connectivity index (χ0v) is 42.9. The van der Waals surface area contributed by atoms with Crippen molar-refractivity contribution >= 4 is 17.9 Å². The van der Waals surface area contributed by atoms with E-state index in [1.807, 2.05) is 36.5 Å². The molecule has 6 nitrogen and oxygen atoms in total. The first-order valence-corrected chi connectivity index (χ1v) is 27.3. The Bertz CT molecular complexity index is 1330. The molecule has 6 heteroatoms. The molecule has 0 aliphatic rings. The lowest BCUT2D eigenvalue weighted by molar-refractivity contribution is -0.167. The van der Waals surface area contributed by atoms with E-state index in [1.54, 1.807) is 0 Å². The molecule has 0 rings (SSSR count). The third-order valence-electron chi connectivity index (χ3n) is 11.4. The van der Waals surface area contributed by atoms with Gasteiger partial charge in [0.25, 0.3) is 0 Å². The highest BCUT2D eigenvalue weighted by Gasteiger charge is 2.19. The first-order chi connectivity index (χ1) is 32.5. The highest BCUT2D eigenvalue weighted by atomic mass is 16.6. The predicted molar refractivity (Wildman–Crippen MR) is 284 cm³/mol. The van der Waals surface area contributed by atoms with Gasteiger partial charge in [0.05, 0.1) is 0 Å². The smallest absolute Gasteiger partial charge is 0.306 e. The van der Waals surface area contributed by atoms with Gasteiger partial charge in [-0.25, -0.2) is 0 Å². The van der Waals surface area contributed by atoms with Gasteiger partial charge in [-0.05, 0) is 96.3 Å². The van der Waals surface area contributed by atoms with E-state index in [0.29, 0.717) is 19.3 Å². The van der Waals surface area contributed by atoms with Gasteiger partial charge in [-0.2, -0.15) is 0 Å². The van der Waals surface area contributed by atoms with Crippen LogP contribution in [0.5, 0.6) is 0 Å². The van der Waals surface area contributed by atoms with E-state index in [1.165, 1.54) is 103 Å². The van der Waals surface area contributed by atoms with Crippen LogP contribution in [0.15, 0.2) is 97.2 Å². The molecule has 0 saturated carbocycles. The molecule has 1 unspecified atom stereocenters. The van der Waals surface area contributed by atoms with Gasteiger partial charge in [-0.15, -0.1) is 0 Å². The van der Waals surface area contributed by atoms with E-state index in [9.17, 15) is 14.4 Å². The molecule has 0 bridgehead atoms. The number of carbonyl (C=O) groups excluding carboxylic acids is 3. The summed E-state index contributed by atoms with van der Waals surface area (Å²) in [4.78, 5) is 38.1. The normalized spacial score (nSPS) is 12.8. The van der Waals surface area contributed by atoms with Gasteiger partial charge >= 0.3 is 17.9 Å². The number of carbonyl (C=O) groups is 3. The summed E-state index contributed by atoms with van der Waals surface area (Å²) in [5.74, 6) is -0.951. The van der Waals surface area contributed by atoms with Crippen LogP contribution in [0.25, 0.3) is 0 Å². The number of allylic oxidation sites excluding steroid dienone is 16. The highest BCUT2D eigenvalue weighted by molar-refractivity contribution is 5.71. The summed E-state index contributed by atoms with van der Waals surface area (Å²) in [6.45, 7) is 6.34. The molecule has 376 valence electrons. The first kappa shape index (κ1) is 62.3. The molecule has 0 aliphatic heterocycles. The summed E-state index contributed by atoms with van der Waals surface area (Å²) in [6, 6.07) is 0. The van der Waals surface area contributed by atoms with Crippen LogP contribution in [0.3, 0.4) is 0 Å². The summed E-state index contributed by atoms with van der Waals surface area (Å²) in [6.07, 6.45) is 71.1. The summed E-state index contributed by atoms with van der Waals surface area (Å²) >= 11 is 0. The monoisotopic (exact) mass is 917 g/mol. The maximum absolute atomic E-state index is 12.8. The van der Waals surface area contributed by atoms with Crippen LogP contribution in [0.2, 0.25) is 0 Å². The standard InChI is InChI=1S/C60H100O6/c1-4-7-10-13-16-19-22-25-27-29-30-31-33-35-38-41-44-47-50-53-59(62)65-56-57(55-64-58(61)52-49-46-43-40-37-34-24-21-18-15-12-9-6-3)66-60(63)54-51-48-45-42-39-36-32-28-26-23-20-17-14-11-8-5-2/h7,9-10,12,15-16,18-19,21,24-25,27-28,32,34,37,57H,4-6,8,11,13-14,17,20,22-23,26,29-31,33,35-36,38-56H2,1-3H3/b10-7-,12-9-,18-15-,19-16-,24-21-,27-25-,32-28-,37-34-. The lowest BCUT2D eigenvalue weighted by Crippen LogP contribution is -2.30. The number of rotatable bonds is 48. The van der Waals surface area contributed by atoms with Crippen LogP contribution >= 0.6 is 0 Å². The molecule has 0 aromatic heterocycles.